The lowest BCUT2D eigenvalue weighted by atomic mass is 9.89. The molecule has 0 aliphatic rings. The van der Waals surface area contributed by atoms with Gasteiger partial charge in [0.15, 0.2) is 0 Å². The Morgan fingerprint density at radius 3 is 2.30 bits per heavy atom. The van der Waals surface area contributed by atoms with Crippen LogP contribution in [0.25, 0.3) is 0 Å². The van der Waals surface area contributed by atoms with E-state index < -0.39 is 0 Å². The molecule has 1 rings (SSSR count). The molecule has 0 spiro atoms. The Bertz CT molecular complexity index is 222. The molecule has 0 unspecified atom stereocenters. The summed E-state index contributed by atoms with van der Waals surface area (Å²) in [6.07, 6.45) is 0. The van der Waals surface area contributed by atoms with Crippen molar-refractivity contribution in [2.24, 2.45) is 5.18 Å². The maximum absolute atomic E-state index is 9.88. The van der Waals surface area contributed by atoms with Crippen molar-refractivity contribution in [2.45, 2.75) is 0 Å². The first-order chi connectivity index (χ1) is 4.86. The lowest BCUT2D eigenvalue weighted by molar-refractivity contribution is 0.615. The molecule has 0 heterocycles. The van der Waals surface area contributed by atoms with E-state index in [9.17, 15) is 4.91 Å². The Labute approximate surface area is 58.9 Å². The van der Waals surface area contributed by atoms with E-state index in [4.69, 9.17) is 5.02 Å². The number of hydrogen-bond acceptors (Lipinski definition) is 3. The minimum Gasteiger partial charge on any atom is -0.450 e. The van der Waals surface area contributed by atoms with Crippen molar-refractivity contribution in [2.75, 3.05) is 0 Å². The molecule has 0 saturated heterocycles. The van der Waals surface area contributed by atoms with Crippen molar-refractivity contribution in [1.29, 1.82) is 0 Å². The van der Waals surface area contributed by atoms with E-state index in [1.165, 1.54) is 12.1 Å². The van der Waals surface area contributed by atoms with E-state index in [-0.39, 0.29) is 0 Å². The van der Waals surface area contributed by atoms with Crippen molar-refractivity contribution < 1.29 is 5.02 Å². The molecule has 1 N–H and O–H groups in total. The van der Waals surface area contributed by atoms with Crippen LogP contribution in [0.15, 0.2) is 29.4 Å². The lowest BCUT2D eigenvalue weighted by Crippen LogP contribution is -2.11. The minimum absolute atomic E-state index is 0.366. The van der Waals surface area contributed by atoms with Gasteiger partial charge in [0.25, 0.3) is 0 Å². The standard InChI is InChI=1S/C6H5BNO2/c9-7-5-1-3-6(8-10)4-2-5/h1-4,9H. The van der Waals surface area contributed by atoms with Gasteiger partial charge in [-0.15, -0.1) is 4.91 Å². The van der Waals surface area contributed by atoms with Crippen molar-refractivity contribution in [3.05, 3.63) is 29.2 Å². The quantitative estimate of drug-likeness (QED) is 0.467. The molecule has 0 bridgehead atoms. The third-order valence-electron chi connectivity index (χ3n) is 1.15. The van der Waals surface area contributed by atoms with Gasteiger partial charge >= 0.3 is 7.48 Å². The third kappa shape index (κ3) is 1.42. The van der Waals surface area contributed by atoms with Gasteiger partial charge in [-0.25, -0.2) is 0 Å². The molecule has 0 atom stereocenters. The molecule has 10 heavy (non-hydrogen) atoms. The van der Waals surface area contributed by atoms with E-state index in [0.717, 1.165) is 7.48 Å². The Balaban J connectivity index is 2.90. The smallest absolute Gasteiger partial charge is 0.326 e. The van der Waals surface area contributed by atoms with Crippen LogP contribution in [0.3, 0.4) is 0 Å². The van der Waals surface area contributed by atoms with E-state index in [1.54, 1.807) is 12.1 Å². The van der Waals surface area contributed by atoms with Gasteiger partial charge in [0.1, 0.15) is 5.69 Å². The highest BCUT2D eigenvalue weighted by atomic mass is 16.3. The zero-order valence-electron chi connectivity index (χ0n) is 5.19. The summed E-state index contributed by atoms with van der Waals surface area (Å²) >= 11 is 0. The first kappa shape index (κ1) is 6.96. The fraction of sp³-hybridized carbons (Fsp3) is 0. The lowest BCUT2D eigenvalue weighted by Gasteiger charge is -1.90. The molecule has 0 aromatic heterocycles. The van der Waals surface area contributed by atoms with Gasteiger partial charge in [0.2, 0.25) is 0 Å². The largest absolute Gasteiger partial charge is 0.450 e. The molecule has 1 aromatic carbocycles. The Morgan fingerprint density at radius 2 is 1.90 bits per heavy atom. The summed E-state index contributed by atoms with van der Waals surface area (Å²) in [5.41, 5.74) is 1.03. The zero-order valence-corrected chi connectivity index (χ0v) is 5.19. The number of hydrogen-bond donors (Lipinski definition) is 1. The SMILES string of the molecule is O=Nc1ccc([B]O)cc1. The molecule has 0 aliphatic carbocycles. The van der Waals surface area contributed by atoms with Crippen molar-refractivity contribution >= 4 is 18.6 Å². The fourth-order valence-corrected chi connectivity index (χ4v) is 0.621. The molecule has 0 fully saturated rings. The van der Waals surface area contributed by atoms with E-state index in [1.807, 2.05) is 0 Å². The Hall–Kier alpha value is -1.16. The van der Waals surface area contributed by atoms with Crippen molar-refractivity contribution in [3.8, 4) is 0 Å². The first-order valence-corrected chi connectivity index (χ1v) is 2.77. The highest BCUT2D eigenvalue weighted by molar-refractivity contribution is 6.45. The Kier molecular flexibility index (Phi) is 2.17. The molecule has 49 valence electrons. The molecule has 1 radical (unpaired) electrons. The molecular formula is C6H5BNO2. The van der Waals surface area contributed by atoms with E-state index >= 15 is 0 Å². The Morgan fingerprint density at radius 1 is 1.30 bits per heavy atom. The van der Waals surface area contributed by atoms with E-state index in [0.29, 0.717) is 11.2 Å². The zero-order chi connectivity index (χ0) is 7.40. The fourth-order valence-electron chi connectivity index (χ4n) is 0.621. The van der Waals surface area contributed by atoms with Crippen LogP contribution in [0.1, 0.15) is 0 Å². The van der Waals surface area contributed by atoms with Crippen molar-refractivity contribution in [3.63, 3.8) is 0 Å². The van der Waals surface area contributed by atoms with Crippen LogP contribution in [0.2, 0.25) is 0 Å². The maximum atomic E-state index is 9.88. The highest BCUT2D eigenvalue weighted by Crippen LogP contribution is 2.06. The second-order valence-corrected chi connectivity index (χ2v) is 1.81. The molecule has 0 amide bonds. The number of nitroso groups, excluding NO2 is 1. The number of nitrogens with zero attached hydrogens (tertiary/aromatic N) is 1. The summed E-state index contributed by atoms with van der Waals surface area (Å²) in [6, 6.07) is 6.29. The molecule has 0 saturated carbocycles. The van der Waals surface area contributed by atoms with Crippen LogP contribution in [0.5, 0.6) is 0 Å². The predicted molar refractivity (Wildman–Crippen MR) is 39.5 cm³/mol. The number of rotatable bonds is 2. The van der Waals surface area contributed by atoms with Gasteiger partial charge in [-0.1, -0.05) is 17.6 Å². The van der Waals surface area contributed by atoms with E-state index in [2.05, 4.69) is 5.18 Å². The molecular weight excluding hydrogens is 129 g/mol. The summed E-state index contributed by atoms with van der Waals surface area (Å²) < 4.78 is 0. The second kappa shape index (κ2) is 3.13. The van der Waals surface area contributed by atoms with Gasteiger partial charge in [-0.05, 0) is 17.3 Å². The van der Waals surface area contributed by atoms with Crippen LogP contribution in [-0.2, 0) is 0 Å². The summed E-state index contributed by atoms with van der Waals surface area (Å²) in [5, 5.41) is 11.2. The van der Waals surface area contributed by atoms with Crippen LogP contribution in [0.4, 0.5) is 5.69 Å². The normalized spacial score (nSPS) is 8.90. The second-order valence-electron chi connectivity index (χ2n) is 1.81. The first-order valence-electron chi connectivity index (χ1n) is 2.77. The van der Waals surface area contributed by atoms with Gasteiger partial charge in [-0.2, -0.15) is 0 Å². The summed E-state index contributed by atoms with van der Waals surface area (Å²) in [4.78, 5) is 9.88. The third-order valence-corrected chi connectivity index (χ3v) is 1.15. The summed E-state index contributed by atoms with van der Waals surface area (Å²) in [5.74, 6) is 0. The highest BCUT2D eigenvalue weighted by Gasteiger charge is 1.92. The van der Waals surface area contributed by atoms with Crippen LogP contribution in [-0.4, -0.2) is 12.5 Å². The van der Waals surface area contributed by atoms with Crippen LogP contribution >= 0.6 is 0 Å². The molecule has 1 aromatic rings. The van der Waals surface area contributed by atoms with Crippen molar-refractivity contribution in [1.82, 2.24) is 0 Å². The number of benzene rings is 1. The molecule has 0 aliphatic heterocycles. The van der Waals surface area contributed by atoms with Crippen LogP contribution < -0.4 is 5.46 Å². The minimum atomic E-state index is 0.366. The van der Waals surface area contributed by atoms with Gasteiger partial charge < -0.3 is 5.02 Å². The van der Waals surface area contributed by atoms with Gasteiger partial charge in [0.05, 0.1) is 0 Å². The van der Waals surface area contributed by atoms with Gasteiger partial charge in [0, 0.05) is 0 Å². The average molecular weight is 134 g/mol. The average Bonchev–Trinajstić information content (AvgIpc) is 2.05. The van der Waals surface area contributed by atoms with Crippen LogP contribution in [0, 0.1) is 4.91 Å². The van der Waals surface area contributed by atoms with Gasteiger partial charge in [-0.3, -0.25) is 0 Å². The maximum Gasteiger partial charge on any atom is 0.326 e. The summed E-state index contributed by atoms with van der Waals surface area (Å²) in [7, 11) is 0.967. The monoisotopic (exact) mass is 134 g/mol. The molecule has 4 heteroatoms. The molecule has 3 nitrogen and oxygen atoms in total. The summed E-state index contributed by atoms with van der Waals surface area (Å²) in [6.45, 7) is 0. The topological polar surface area (TPSA) is 49.7 Å². The predicted octanol–water partition coefficient (Wildman–Crippen LogP) is 0.321.